The second-order valence-corrected chi connectivity index (χ2v) is 7.58. The summed E-state index contributed by atoms with van der Waals surface area (Å²) in [5.74, 6) is -0.0220. The molecule has 0 radical (unpaired) electrons. The smallest absolute Gasteiger partial charge is 0.251 e. The monoisotopic (exact) mass is 401 g/mol. The minimum Gasteiger partial charge on any atom is -0.352 e. The standard InChI is InChI=1S/C14H13Br2NOS/c1-9-8-10(2-4-12(9)15)14(18)17-7-6-11-3-5-13(16)19-11/h2-5,8H,6-7H2,1H3,(H,17,18). The fourth-order valence-corrected chi connectivity index (χ4v) is 3.40. The highest BCUT2D eigenvalue weighted by molar-refractivity contribution is 9.11. The third kappa shape index (κ3) is 4.16. The van der Waals surface area contributed by atoms with E-state index in [1.54, 1.807) is 11.3 Å². The molecular formula is C14H13Br2NOS. The lowest BCUT2D eigenvalue weighted by molar-refractivity contribution is 0.0954. The Hall–Kier alpha value is -0.650. The van der Waals surface area contributed by atoms with E-state index in [1.807, 2.05) is 31.2 Å². The molecule has 0 saturated carbocycles. The van der Waals surface area contributed by atoms with Gasteiger partial charge in [-0.3, -0.25) is 4.79 Å². The first-order valence-electron chi connectivity index (χ1n) is 5.85. The molecule has 2 rings (SSSR count). The largest absolute Gasteiger partial charge is 0.352 e. The lowest BCUT2D eigenvalue weighted by Crippen LogP contribution is -2.25. The molecule has 1 amide bonds. The number of carbonyl (C=O) groups excluding carboxylic acids is 1. The number of benzene rings is 1. The summed E-state index contributed by atoms with van der Waals surface area (Å²) < 4.78 is 2.14. The minimum atomic E-state index is -0.0220. The first kappa shape index (κ1) is 14.8. The van der Waals surface area contributed by atoms with E-state index < -0.39 is 0 Å². The number of aryl methyl sites for hydroxylation is 1. The molecule has 19 heavy (non-hydrogen) atoms. The Bertz CT molecular complexity index is 595. The fraction of sp³-hybridized carbons (Fsp3) is 0.214. The molecular weight excluding hydrogens is 390 g/mol. The van der Waals surface area contributed by atoms with E-state index in [9.17, 15) is 4.79 Å². The Morgan fingerprint density at radius 3 is 2.68 bits per heavy atom. The summed E-state index contributed by atoms with van der Waals surface area (Å²) in [7, 11) is 0. The Morgan fingerprint density at radius 2 is 2.05 bits per heavy atom. The maximum Gasteiger partial charge on any atom is 0.251 e. The second kappa shape index (κ2) is 6.68. The Morgan fingerprint density at radius 1 is 1.26 bits per heavy atom. The van der Waals surface area contributed by atoms with Gasteiger partial charge in [0.25, 0.3) is 5.91 Å². The van der Waals surface area contributed by atoms with E-state index in [0.29, 0.717) is 12.1 Å². The van der Waals surface area contributed by atoms with Crippen LogP contribution in [0.4, 0.5) is 0 Å². The average molecular weight is 403 g/mol. The van der Waals surface area contributed by atoms with Crippen LogP contribution in [0.5, 0.6) is 0 Å². The zero-order valence-electron chi connectivity index (χ0n) is 10.4. The van der Waals surface area contributed by atoms with Crippen LogP contribution in [-0.2, 0) is 6.42 Å². The molecule has 1 heterocycles. The van der Waals surface area contributed by atoms with Gasteiger partial charge < -0.3 is 5.32 Å². The van der Waals surface area contributed by atoms with Crippen LogP contribution in [0.25, 0.3) is 0 Å². The number of hydrogen-bond acceptors (Lipinski definition) is 2. The molecule has 1 aromatic heterocycles. The quantitative estimate of drug-likeness (QED) is 0.798. The van der Waals surface area contributed by atoms with Crippen LogP contribution >= 0.6 is 43.2 Å². The third-order valence-corrected chi connectivity index (χ3v) is 5.28. The van der Waals surface area contributed by atoms with Crippen molar-refractivity contribution in [1.29, 1.82) is 0 Å². The summed E-state index contributed by atoms with van der Waals surface area (Å²) in [5.41, 5.74) is 1.77. The van der Waals surface area contributed by atoms with Crippen molar-refractivity contribution in [3.63, 3.8) is 0 Å². The number of amides is 1. The molecule has 0 spiro atoms. The van der Waals surface area contributed by atoms with Crippen LogP contribution in [0.3, 0.4) is 0 Å². The molecule has 0 unspecified atom stereocenters. The van der Waals surface area contributed by atoms with Gasteiger partial charge in [0.1, 0.15) is 0 Å². The predicted molar refractivity (Wildman–Crippen MR) is 86.9 cm³/mol. The molecule has 2 nitrogen and oxygen atoms in total. The number of hydrogen-bond donors (Lipinski definition) is 1. The summed E-state index contributed by atoms with van der Waals surface area (Å²) in [5, 5.41) is 2.94. The number of halogens is 2. The average Bonchev–Trinajstić information content (AvgIpc) is 2.78. The molecule has 0 aliphatic heterocycles. The molecule has 100 valence electrons. The maximum atomic E-state index is 12.0. The van der Waals surface area contributed by atoms with Gasteiger partial charge in [0.05, 0.1) is 3.79 Å². The van der Waals surface area contributed by atoms with Gasteiger partial charge in [-0.05, 0) is 65.2 Å². The SMILES string of the molecule is Cc1cc(C(=O)NCCc2ccc(Br)s2)ccc1Br. The lowest BCUT2D eigenvalue weighted by atomic mass is 10.1. The van der Waals surface area contributed by atoms with Crippen LogP contribution in [0, 0.1) is 6.92 Å². The molecule has 0 atom stereocenters. The Kier molecular flexibility index (Phi) is 5.19. The van der Waals surface area contributed by atoms with Gasteiger partial charge in [-0.2, -0.15) is 0 Å². The summed E-state index contributed by atoms with van der Waals surface area (Å²) in [4.78, 5) is 13.2. The second-order valence-electron chi connectivity index (χ2n) is 4.18. The van der Waals surface area contributed by atoms with Gasteiger partial charge in [0, 0.05) is 21.5 Å². The molecule has 2 aromatic rings. The van der Waals surface area contributed by atoms with Crippen molar-refractivity contribution in [1.82, 2.24) is 5.32 Å². The number of carbonyl (C=O) groups is 1. The molecule has 5 heteroatoms. The van der Waals surface area contributed by atoms with Crippen molar-refractivity contribution in [3.8, 4) is 0 Å². The highest BCUT2D eigenvalue weighted by Crippen LogP contribution is 2.22. The van der Waals surface area contributed by atoms with Crippen molar-refractivity contribution < 1.29 is 4.79 Å². The van der Waals surface area contributed by atoms with Gasteiger partial charge in [-0.1, -0.05) is 15.9 Å². The maximum absolute atomic E-state index is 12.0. The highest BCUT2D eigenvalue weighted by Gasteiger charge is 2.06. The summed E-state index contributed by atoms with van der Waals surface area (Å²) in [6.45, 7) is 2.63. The zero-order valence-corrected chi connectivity index (χ0v) is 14.4. The van der Waals surface area contributed by atoms with Crippen LogP contribution in [0.2, 0.25) is 0 Å². The zero-order chi connectivity index (χ0) is 13.8. The van der Waals surface area contributed by atoms with Gasteiger partial charge in [-0.25, -0.2) is 0 Å². The summed E-state index contributed by atoms with van der Waals surface area (Å²) >= 11 is 8.56. The number of nitrogens with one attached hydrogen (secondary N) is 1. The highest BCUT2D eigenvalue weighted by atomic mass is 79.9. The number of rotatable bonds is 4. The first-order valence-corrected chi connectivity index (χ1v) is 8.25. The number of thiophene rings is 1. The van der Waals surface area contributed by atoms with Gasteiger partial charge in [-0.15, -0.1) is 11.3 Å². The van der Waals surface area contributed by atoms with Gasteiger partial charge in [0.15, 0.2) is 0 Å². The van der Waals surface area contributed by atoms with Crippen LogP contribution in [-0.4, -0.2) is 12.5 Å². The van der Waals surface area contributed by atoms with E-state index in [1.165, 1.54) is 4.88 Å². The van der Waals surface area contributed by atoms with Crippen LogP contribution in [0.1, 0.15) is 20.8 Å². The normalized spacial score (nSPS) is 10.5. The van der Waals surface area contributed by atoms with E-state index in [-0.39, 0.29) is 5.91 Å². The fourth-order valence-electron chi connectivity index (χ4n) is 1.67. The third-order valence-electron chi connectivity index (χ3n) is 2.71. The predicted octanol–water partition coefficient (Wildman–Crippen LogP) is 4.55. The first-order chi connectivity index (χ1) is 9.06. The van der Waals surface area contributed by atoms with E-state index in [0.717, 1.165) is 20.2 Å². The van der Waals surface area contributed by atoms with Crippen molar-refractivity contribution in [3.05, 3.63) is 54.6 Å². The van der Waals surface area contributed by atoms with Crippen LogP contribution < -0.4 is 5.32 Å². The molecule has 0 saturated heterocycles. The summed E-state index contributed by atoms with van der Waals surface area (Å²) in [6, 6.07) is 9.72. The van der Waals surface area contributed by atoms with Crippen molar-refractivity contribution >= 4 is 49.1 Å². The molecule has 1 aromatic carbocycles. The van der Waals surface area contributed by atoms with Crippen LogP contribution in [0.15, 0.2) is 38.6 Å². The van der Waals surface area contributed by atoms with Gasteiger partial charge in [0.2, 0.25) is 0 Å². The van der Waals surface area contributed by atoms with E-state index in [4.69, 9.17) is 0 Å². The lowest BCUT2D eigenvalue weighted by Gasteiger charge is -2.06. The van der Waals surface area contributed by atoms with Gasteiger partial charge >= 0.3 is 0 Å². The Labute approximate surface area is 133 Å². The summed E-state index contributed by atoms with van der Waals surface area (Å²) in [6.07, 6.45) is 0.859. The molecule has 1 N–H and O–H groups in total. The molecule has 0 fully saturated rings. The topological polar surface area (TPSA) is 29.1 Å². The van der Waals surface area contributed by atoms with Crippen molar-refractivity contribution in [2.45, 2.75) is 13.3 Å². The van der Waals surface area contributed by atoms with E-state index in [2.05, 4.69) is 43.2 Å². The minimum absolute atomic E-state index is 0.0220. The molecule has 0 bridgehead atoms. The van der Waals surface area contributed by atoms with E-state index >= 15 is 0 Å². The molecule has 0 aliphatic carbocycles. The van der Waals surface area contributed by atoms with Crippen molar-refractivity contribution in [2.24, 2.45) is 0 Å². The Balaban J connectivity index is 1.89. The van der Waals surface area contributed by atoms with Crippen molar-refractivity contribution in [2.75, 3.05) is 6.54 Å². The molecule has 0 aliphatic rings.